The van der Waals surface area contributed by atoms with E-state index in [9.17, 15) is 0 Å². The fourth-order valence-corrected chi connectivity index (χ4v) is 12.2. The van der Waals surface area contributed by atoms with Gasteiger partial charge in [0, 0.05) is 23.0 Å². The highest BCUT2D eigenvalue weighted by Crippen LogP contribution is 2.37. The van der Waals surface area contributed by atoms with Crippen molar-refractivity contribution in [2.24, 2.45) is 0 Å². The van der Waals surface area contributed by atoms with Crippen LogP contribution in [0.4, 0.5) is 0 Å². The van der Waals surface area contributed by atoms with E-state index in [2.05, 4.69) is 65.6 Å². The van der Waals surface area contributed by atoms with E-state index in [1.807, 2.05) is 0 Å². The van der Waals surface area contributed by atoms with Crippen molar-refractivity contribution in [1.82, 2.24) is 0 Å². The Hall–Kier alpha value is 0.704. The summed E-state index contributed by atoms with van der Waals surface area (Å²) in [6, 6.07) is 0. The van der Waals surface area contributed by atoms with E-state index in [-0.39, 0.29) is 0 Å². The monoisotopic (exact) mass is 378 g/mol. The van der Waals surface area contributed by atoms with E-state index >= 15 is 0 Å². The zero-order chi connectivity index (χ0) is 17.9. The summed E-state index contributed by atoms with van der Waals surface area (Å²) in [5, 5.41) is 0. The molecule has 2 atom stereocenters. The highest BCUT2D eigenvalue weighted by atomic mass is 32.2. The highest BCUT2D eigenvalue weighted by Gasteiger charge is 2.40. The molecule has 0 spiro atoms. The lowest BCUT2D eigenvalue weighted by Crippen LogP contribution is -2.49. The van der Waals surface area contributed by atoms with Crippen molar-refractivity contribution in [3.8, 4) is 0 Å². The SMILES string of the molecule is CCCO[Si](C)(C)C(CCC)SC(CCC)[Si](C)(C)OCCC. The van der Waals surface area contributed by atoms with Crippen molar-refractivity contribution in [3.05, 3.63) is 0 Å². The Morgan fingerprint density at radius 2 is 1.00 bits per heavy atom. The first kappa shape index (κ1) is 23.7. The van der Waals surface area contributed by atoms with Gasteiger partial charge in [-0.2, -0.15) is 11.8 Å². The minimum atomic E-state index is -1.65. The molecule has 0 aromatic carbocycles. The molecule has 2 unspecified atom stereocenters. The molecule has 0 saturated carbocycles. The summed E-state index contributed by atoms with van der Waals surface area (Å²) in [7, 11) is -3.29. The van der Waals surface area contributed by atoms with Crippen LogP contribution in [0.25, 0.3) is 0 Å². The molecule has 0 aromatic heterocycles. The maximum Gasteiger partial charge on any atom is 0.199 e. The first-order valence-corrected chi connectivity index (χ1v) is 16.6. The molecule has 5 heteroatoms. The van der Waals surface area contributed by atoms with E-state index in [1.165, 1.54) is 25.7 Å². The average molecular weight is 379 g/mol. The van der Waals surface area contributed by atoms with Gasteiger partial charge >= 0.3 is 0 Å². The average Bonchev–Trinajstić information content (AvgIpc) is 2.49. The molecule has 2 nitrogen and oxygen atoms in total. The zero-order valence-electron chi connectivity index (χ0n) is 17.0. The molecule has 0 radical (unpaired) electrons. The van der Waals surface area contributed by atoms with Gasteiger partial charge in [-0.15, -0.1) is 0 Å². The first-order valence-electron chi connectivity index (χ1n) is 9.68. The lowest BCUT2D eigenvalue weighted by Gasteiger charge is -2.38. The quantitative estimate of drug-likeness (QED) is 0.326. The zero-order valence-corrected chi connectivity index (χ0v) is 19.9. The molecular weight excluding hydrogens is 336 g/mol. The Balaban J connectivity index is 5.07. The van der Waals surface area contributed by atoms with Crippen molar-refractivity contribution < 1.29 is 8.85 Å². The van der Waals surface area contributed by atoms with Gasteiger partial charge in [-0.1, -0.05) is 40.5 Å². The maximum absolute atomic E-state index is 6.36. The van der Waals surface area contributed by atoms with Crippen molar-refractivity contribution in [3.63, 3.8) is 0 Å². The second-order valence-electron chi connectivity index (χ2n) is 7.59. The fraction of sp³-hybridized carbons (Fsp3) is 1.00. The van der Waals surface area contributed by atoms with Crippen molar-refractivity contribution in [2.45, 2.75) is 102 Å². The van der Waals surface area contributed by atoms with Crippen LogP contribution in [0.2, 0.25) is 26.2 Å². The molecule has 140 valence electrons. The third-order valence-corrected chi connectivity index (χ3v) is 15.3. The van der Waals surface area contributed by atoms with E-state index in [0.29, 0.717) is 9.75 Å². The molecule has 0 saturated heterocycles. The summed E-state index contributed by atoms with van der Waals surface area (Å²) >= 11 is 2.23. The molecule has 0 aliphatic rings. The Morgan fingerprint density at radius 1 is 0.652 bits per heavy atom. The summed E-state index contributed by atoms with van der Waals surface area (Å²) < 4.78 is 12.7. The van der Waals surface area contributed by atoms with Gasteiger partial charge in [-0.3, -0.25) is 0 Å². The van der Waals surface area contributed by atoms with E-state index in [4.69, 9.17) is 8.85 Å². The summed E-state index contributed by atoms with van der Waals surface area (Å²) in [5.74, 6) is 0. The van der Waals surface area contributed by atoms with E-state index in [1.54, 1.807) is 0 Å². The van der Waals surface area contributed by atoms with Crippen LogP contribution in [0, 0.1) is 0 Å². The van der Waals surface area contributed by atoms with Gasteiger partial charge in [0.05, 0.1) is 0 Å². The van der Waals surface area contributed by atoms with Crippen LogP contribution in [-0.4, -0.2) is 39.6 Å². The van der Waals surface area contributed by atoms with Crippen LogP contribution in [0.15, 0.2) is 0 Å². The largest absolute Gasteiger partial charge is 0.416 e. The van der Waals surface area contributed by atoms with E-state index < -0.39 is 16.6 Å². The third-order valence-electron chi connectivity index (χ3n) is 4.34. The first-order chi connectivity index (χ1) is 10.7. The van der Waals surface area contributed by atoms with Gasteiger partial charge in [0.25, 0.3) is 0 Å². The Labute approximate surface area is 152 Å². The molecule has 0 rings (SSSR count). The van der Waals surface area contributed by atoms with Crippen LogP contribution < -0.4 is 0 Å². The summed E-state index contributed by atoms with van der Waals surface area (Å²) in [5.41, 5.74) is 0. The molecule has 0 aliphatic heterocycles. The second kappa shape index (κ2) is 12.1. The number of hydrogen-bond acceptors (Lipinski definition) is 3. The van der Waals surface area contributed by atoms with Gasteiger partial charge in [-0.25, -0.2) is 0 Å². The van der Waals surface area contributed by atoms with Crippen molar-refractivity contribution in [1.29, 1.82) is 0 Å². The molecular formula is C18H42O2SSi2. The fourth-order valence-electron chi connectivity index (χ4n) is 2.80. The minimum absolute atomic E-state index is 0.688. The van der Waals surface area contributed by atoms with Crippen molar-refractivity contribution in [2.75, 3.05) is 13.2 Å². The molecule has 0 N–H and O–H groups in total. The standard InChI is InChI=1S/C18H42O2SSi2/c1-9-13-17(22(5,6)19-15-11-3)21-18(14-10-2)23(7,8)20-16-12-4/h17-18H,9-16H2,1-8H3. The molecule has 0 bridgehead atoms. The number of rotatable bonds is 14. The summed E-state index contributed by atoms with van der Waals surface area (Å²) in [6.45, 7) is 20.5. The Bertz CT molecular complexity index is 271. The second-order valence-corrected chi connectivity index (χ2v) is 18.2. The van der Waals surface area contributed by atoms with Crippen LogP contribution in [-0.2, 0) is 8.85 Å². The number of thioether (sulfide) groups is 1. The molecule has 0 heterocycles. The van der Waals surface area contributed by atoms with Crippen LogP contribution >= 0.6 is 11.8 Å². The predicted octanol–water partition coefficient (Wildman–Crippen LogP) is 6.40. The summed E-state index contributed by atoms with van der Waals surface area (Å²) in [4.78, 5) is 1.38. The molecule has 0 fully saturated rings. The van der Waals surface area contributed by atoms with Gasteiger partial charge in [0.1, 0.15) is 0 Å². The maximum atomic E-state index is 6.36. The Morgan fingerprint density at radius 3 is 1.26 bits per heavy atom. The lowest BCUT2D eigenvalue weighted by atomic mass is 10.4. The Kier molecular flexibility index (Phi) is 12.5. The minimum Gasteiger partial charge on any atom is -0.416 e. The lowest BCUT2D eigenvalue weighted by molar-refractivity contribution is 0.302. The topological polar surface area (TPSA) is 18.5 Å². The molecule has 0 aromatic rings. The van der Waals surface area contributed by atoms with Crippen LogP contribution in [0.5, 0.6) is 0 Å². The predicted molar refractivity (Wildman–Crippen MR) is 112 cm³/mol. The summed E-state index contributed by atoms with van der Waals surface area (Å²) in [6.07, 6.45) is 7.31. The van der Waals surface area contributed by atoms with Crippen LogP contribution in [0.3, 0.4) is 0 Å². The third kappa shape index (κ3) is 9.10. The molecule has 0 amide bonds. The van der Waals surface area contributed by atoms with Crippen LogP contribution in [0.1, 0.15) is 66.2 Å². The normalized spacial score (nSPS) is 15.7. The van der Waals surface area contributed by atoms with E-state index in [0.717, 1.165) is 26.1 Å². The number of hydrogen-bond donors (Lipinski definition) is 0. The van der Waals surface area contributed by atoms with Gasteiger partial charge in [0.2, 0.25) is 0 Å². The smallest absolute Gasteiger partial charge is 0.199 e. The van der Waals surface area contributed by atoms with Gasteiger partial charge in [-0.05, 0) is 51.9 Å². The molecule has 23 heavy (non-hydrogen) atoms. The highest BCUT2D eigenvalue weighted by molar-refractivity contribution is 8.03. The van der Waals surface area contributed by atoms with Gasteiger partial charge < -0.3 is 8.85 Å². The molecule has 0 aliphatic carbocycles. The van der Waals surface area contributed by atoms with Crippen molar-refractivity contribution >= 4 is 28.4 Å². The van der Waals surface area contributed by atoms with Gasteiger partial charge in [0.15, 0.2) is 16.6 Å².